The van der Waals surface area contributed by atoms with Gasteiger partial charge in [0.1, 0.15) is 0 Å². The van der Waals surface area contributed by atoms with Crippen LogP contribution in [0.2, 0.25) is 0 Å². The molecule has 0 aromatic carbocycles. The van der Waals surface area contributed by atoms with Crippen LogP contribution in [0.15, 0.2) is 4.52 Å². The summed E-state index contributed by atoms with van der Waals surface area (Å²) in [6.07, 6.45) is 4.62. The highest BCUT2D eigenvalue weighted by atomic mass is 16.5. The molecular formula is C12H20N4O. The largest absolute Gasteiger partial charge is 0.338 e. The summed E-state index contributed by atoms with van der Waals surface area (Å²) in [5.74, 6) is 2.22. The maximum Gasteiger partial charge on any atom is 0.243 e. The highest BCUT2D eigenvalue weighted by Crippen LogP contribution is 2.31. The quantitative estimate of drug-likeness (QED) is 0.839. The van der Waals surface area contributed by atoms with E-state index in [1.807, 2.05) is 0 Å². The molecule has 3 rings (SSSR count). The SMILES string of the molecule is CN1CCCC1c1nc(C2CCNCC2)no1. The first-order valence-electron chi connectivity index (χ1n) is 6.59. The zero-order valence-corrected chi connectivity index (χ0v) is 10.4. The molecule has 0 aliphatic carbocycles. The lowest BCUT2D eigenvalue weighted by Gasteiger charge is -2.19. The molecule has 0 bridgehead atoms. The van der Waals surface area contributed by atoms with E-state index in [-0.39, 0.29) is 0 Å². The van der Waals surface area contributed by atoms with Crippen LogP contribution in [0.3, 0.4) is 0 Å². The van der Waals surface area contributed by atoms with Gasteiger partial charge in [-0.05, 0) is 52.4 Å². The van der Waals surface area contributed by atoms with Gasteiger partial charge in [0.25, 0.3) is 0 Å². The molecule has 0 saturated carbocycles. The Hall–Kier alpha value is -0.940. The average Bonchev–Trinajstić information content (AvgIpc) is 2.98. The van der Waals surface area contributed by atoms with Gasteiger partial charge in [0.15, 0.2) is 5.82 Å². The van der Waals surface area contributed by atoms with E-state index in [9.17, 15) is 0 Å². The maximum atomic E-state index is 5.45. The molecule has 0 radical (unpaired) electrons. The Morgan fingerprint density at radius 1 is 1.29 bits per heavy atom. The summed E-state index contributed by atoms with van der Waals surface area (Å²) < 4.78 is 5.45. The Kier molecular flexibility index (Phi) is 3.11. The van der Waals surface area contributed by atoms with Crippen molar-refractivity contribution in [2.45, 2.75) is 37.6 Å². The van der Waals surface area contributed by atoms with Gasteiger partial charge in [-0.25, -0.2) is 0 Å². The summed E-state index contributed by atoms with van der Waals surface area (Å²) in [6, 6.07) is 0.345. The molecule has 0 amide bonds. The lowest BCUT2D eigenvalue weighted by molar-refractivity contribution is 0.244. The van der Waals surface area contributed by atoms with Crippen LogP contribution < -0.4 is 5.32 Å². The van der Waals surface area contributed by atoms with Crippen molar-refractivity contribution in [1.82, 2.24) is 20.4 Å². The third-order valence-corrected chi connectivity index (χ3v) is 3.97. The van der Waals surface area contributed by atoms with Crippen LogP contribution in [0.4, 0.5) is 0 Å². The van der Waals surface area contributed by atoms with E-state index in [0.29, 0.717) is 12.0 Å². The third-order valence-electron chi connectivity index (χ3n) is 3.97. The lowest BCUT2D eigenvalue weighted by Crippen LogP contribution is -2.27. The number of aromatic nitrogens is 2. The summed E-state index contributed by atoms with van der Waals surface area (Å²) in [7, 11) is 2.13. The number of likely N-dealkylation sites (tertiary alicyclic amines) is 1. The highest BCUT2D eigenvalue weighted by molar-refractivity contribution is 5.01. The van der Waals surface area contributed by atoms with Crippen molar-refractivity contribution < 1.29 is 4.52 Å². The van der Waals surface area contributed by atoms with E-state index >= 15 is 0 Å². The van der Waals surface area contributed by atoms with Crippen LogP contribution in [-0.4, -0.2) is 41.7 Å². The van der Waals surface area contributed by atoms with Crippen LogP contribution in [0.1, 0.15) is 49.4 Å². The van der Waals surface area contributed by atoms with Gasteiger partial charge in [0.05, 0.1) is 6.04 Å². The van der Waals surface area contributed by atoms with Crippen LogP contribution in [0.5, 0.6) is 0 Å². The molecule has 1 aromatic rings. The summed E-state index contributed by atoms with van der Waals surface area (Å²) in [5, 5.41) is 7.54. The van der Waals surface area contributed by atoms with Crippen LogP contribution >= 0.6 is 0 Å². The maximum absolute atomic E-state index is 5.45. The second-order valence-corrected chi connectivity index (χ2v) is 5.15. The van der Waals surface area contributed by atoms with Gasteiger partial charge in [0.2, 0.25) is 5.89 Å². The molecule has 2 fully saturated rings. The van der Waals surface area contributed by atoms with Crippen molar-refractivity contribution in [3.05, 3.63) is 11.7 Å². The van der Waals surface area contributed by atoms with Crippen LogP contribution in [0.25, 0.3) is 0 Å². The molecule has 1 unspecified atom stereocenters. The number of nitrogens with zero attached hydrogens (tertiary/aromatic N) is 3. The van der Waals surface area contributed by atoms with Gasteiger partial charge >= 0.3 is 0 Å². The minimum Gasteiger partial charge on any atom is -0.338 e. The Morgan fingerprint density at radius 3 is 2.82 bits per heavy atom. The standard InChI is InChI=1S/C12H20N4O/c1-16-8-2-3-10(16)12-14-11(15-17-12)9-4-6-13-7-5-9/h9-10,13H,2-8H2,1H3. The molecule has 17 heavy (non-hydrogen) atoms. The van der Waals surface area contributed by atoms with Gasteiger partial charge in [-0.3, -0.25) is 4.90 Å². The predicted octanol–water partition coefficient (Wildman–Crippen LogP) is 1.30. The summed E-state index contributed by atoms with van der Waals surface area (Å²) in [6.45, 7) is 3.27. The fourth-order valence-corrected chi connectivity index (χ4v) is 2.85. The van der Waals surface area contributed by atoms with Gasteiger partial charge in [-0.15, -0.1) is 0 Å². The lowest BCUT2D eigenvalue weighted by atomic mass is 9.98. The first-order chi connectivity index (χ1) is 8.34. The average molecular weight is 236 g/mol. The van der Waals surface area contributed by atoms with Gasteiger partial charge in [0, 0.05) is 5.92 Å². The van der Waals surface area contributed by atoms with E-state index in [2.05, 4.69) is 27.4 Å². The third kappa shape index (κ3) is 2.21. The molecule has 2 aliphatic rings. The number of rotatable bonds is 2. The highest BCUT2D eigenvalue weighted by Gasteiger charge is 2.29. The zero-order chi connectivity index (χ0) is 11.7. The van der Waals surface area contributed by atoms with Crippen molar-refractivity contribution in [1.29, 1.82) is 0 Å². The minimum atomic E-state index is 0.345. The molecule has 1 N–H and O–H groups in total. The zero-order valence-electron chi connectivity index (χ0n) is 10.4. The number of hydrogen-bond acceptors (Lipinski definition) is 5. The summed E-state index contributed by atoms with van der Waals surface area (Å²) in [4.78, 5) is 6.92. The second-order valence-electron chi connectivity index (χ2n) is 5.15. The molecule has 2 aliphatic heterocycles. The van der Waals surface area contributed by atoms with E-state index in [1.165, 1.54) is 6.42 Å². The molecule has 94 valence electrons. The first-order valence-corrected chi connectivity index (χ1v) is 6.59. The van der Waals surface area contributed by atoms with Crippen molar-refractivity contribution in [3.8, 4) is 0 Å². The first kappa shape index (κ1) is 11.2. The normalized spacial score (nSPS) is 27.7. The fourth-order valence-electron chi connectivity index (χ4n) is 2.85. The van der Waals surface area contributed by atoms with Crippen molar-refractivity contribution >= 4 is 0 Å². The van der Waals surface area contributed by atoms with Gasteiger partial charge in [-0.2, -0.15) is 4.98 Å². The van der Waals surface area contributed by atoms with E-state index in [4.69, 9.17) is 4.52 Å². The molecule has 1 aromatic heterocycles. The molecule has 2 saturated heterocycles. The van der Waals surface area contributed by atoms with Gasteiger partial charge in [-0.1, -0.05) is 5.16 Å². The molecule has 5 heteroatoms. The smallest absolute Gasteiger partial charge is 0.243 e. The molecule has 5 nitrogen and oxygen atoms in total. The van der Waals surface area contributed by atoms with E-state index < -0.39 is 0 Å². The topological polar surface area (TPSA) is 54.2 Å². The Labute approximate surface area is 102 Å². The Morgan fingerprint density at radius 2 is 2.12 bits per heavy atom. The van der Waals surface area contributed by atoms with Crippen molar-refractivity contribution in [3.63, 3.8) is 0 Å². The molecular weight excluding hydrogens is 216 g/mol. The fraction of sp³-hybridized carbons (Fsp3) is 0.833. The second kappa shape index (κ2) is 4.74. The number of piperidine rings is 1. The Balaban J connectivity index is 1.73. The summed E-state index contributed by atoms with van der Waals surface area (Å²) >= 11 is 0. The van der Waals surface area contributed by atoms with E-state index in [1.54, 1.807) is 0 Å². The van der Waals surface area contributed by atoms with Crippen LogP contribution in [0, 0.1) is 0 Å². The van der Waals surface area contributed by atoms with Crippen molar-refractivity contribution in [2.75, 3.05) is 26.7 Å². The predicted molar refractivity (Wildman–Crippen MR) is 63.7 cm³/mol. The molecule has 1 atom stereocenters. The van der Waals surface area contributed by atoms with Crippen molar-refractivity contribution in [2.24, 2.45) is 0 Å². The van der Waals surface area contributed by atoms with Crippen LogP contribution in [-0.2, 0) is 0 Å². The van der Waals surface area contributed by atoms with E-state index in [0.717, 1.165) is 50.6 Å². The Bertz CT molecular complexity index is 372. The molecule has 0 spiro atoms. The molecule has 3 heterocycles. The summed E-state index contributed by atoms with van der Waals surface area (Å²) in [5.41, 5.74) is 0. The monoisotopic (exact) mass is 236 g/mol. The van der Waals surface area contributed by atoms with Gasteiger partial charge < -0.3 is 9.84 Å². The number of nitrogens with one attached hydrogen (secondary N) is 1. The minimum absolute atomic E-state index is 0.345. The number of hydrogen-bond donors (Lipinski definition) is 1.